The molecular formula is C25H23N5O5. The van der Waals surface area contributed by atoms with E-state index in [0.29, 0.717) is 30.7 Å². The molecule has 1 aliphatic heterocycles. The van der Waals surface area contributed by atoms with E-state index in [9.17, 15) is 19.2 Å². The topological polar surface area (TPSA) is 137 Å². The highest BCUT2D eigenvalue weighted by Crippen LogP contribution is 2.34. The van der Waals surface area contributed by atoms with Gasteiger partial charge in [-0.2, -0.15) is 0 Å². The van der Waals surface area contributed by atoms with Crippen LogP contribution in [-0.4, -0.2) is 49.3 Å². The number of nitrogens with two attached hydrogens (primary N) is 1. The molecule has 2 aliphatic rings. The molecule has 3 aromatic rings. The number of Topliss-reactive ketones (excluding diaryl/α,β-unsaturated/α-hetero) is 2. The Kier molecular flexibility index (Phi) is 5.86. The van der Waals surface area contributed by atoms with Crippen LogP contribution in [0.1, 0.15) is 56.8 Å². The van der Waals surface area contributed by atoms with Crippen LogP contribution in [0.15, 0.2) is 48.7 Å². The Hall–Kier alpha value is -4.34. The molecule has 0 spiro atoms. The van der Waals surface area contributed by atoms with E-state index in [2.05, 4.69) is 10.3 Å². The number of carbonyl (C=O) groups is 4. The van der Waals surface area contributed by atoms with Crippen molar-refractivity contribution in [2.45, 2.75) is 45.0 Å². The molecule has 35 heavy (non-hydrogen) atoms. The Bertz CT molecular complexity index is 1330. The highest BCUT2D eigenvalue weighted by molar-refractivity contribution is 6.07. The number of primary amides is 1. The average Bonchev–Trinajstić information content (AvgIpc) is 3.44. The van der Waals surface area contributed by atoms with Crippen LogP contribution in [-0.2, 0) is 29.3 Å². The Morgan fingerprint density at radius 2 is 1.86 bits per heavy atom. The van der Waals surface area contributed by atoms with Gasteiger partial charge >= 0.3 is 0 Å². The molecule has 10 heteroatoms. The van der Waals surface area contributed by atoms with Gasteiger partial charge in [0, 0.05) is 17.5 Å². The first-order valence-corrected chi connectivity index (χ1v) is 11.3. The molecule has 0 bridgehead atoms. The highest BCUT2D eigenvalue weighted by Gasteiger charge is 2.39. The van der Waals surface area contributed by atoms with Gasteiger partial charge in [-0.15, -0.1) is 5.10 Å². The summed E-state index contributed by atoms with van der Waals surface area (Å²) in [5, 5.41) is 7.62. The number of rotatable bonds is 7. The van der Waals surface area contributed by atoms with Gasteiger partial charge in [-0.3, -0.25) is 19.2 Å². The zero-order chi connectivity index (χ0) is 24.5. The Morgan fingerprint density at radius 1 is 1.09 bits per heavy atom. The van der Waals surface area contributed by atoms with Gasteiger partial charge in [0.15, 0.2) is 5.78 Å². The summed E-state index contributed by atoms with van der Waals surface area (Å²) < 4.78 is 7.49. The predicted molar refractivity (Wildman–Crippen MR) is 122 cm³/mol. The second-order valence-electron chi connectivity index (χ2n) is 8.70. The number of benzene rings is 2. The number of carbonyl (C=O) groups excluding carboxylic acids is 4. The molecule has 2 aromatic carbocycles. The van der Waals surface area contributed by atoms with Crippen molar-refractivity contribution in [2.75, 3.05) is 0 Å². The number of ether oxygens (including phenoxy) is 1. The normalized spacial score (nSPS) is 17.5. The highest BCUT2D eigenvalue weighted by atomic mass is 16.5. The van der Waals surface area contributed by atoms with Gasteiger partial charge < -0.3 is 15.4 Å². The van der Waals surface area contributed by atoms with Gasteiger partial charge in [-0.1, -0.05) is 35.5 Å². The van der Waals surface area contributed by atoms with Crippen LogP contribution in [0.2, 0.25) is 0 Å². The fourth-order valence-electron chi connectivity index (χ4n) is 4.54. The SMILES string of the molecule is NC(=O)c1cnnn1Cc1ccc(COc2cccc3c2CN(C2CCC(=O)CC2=O)C3=O)cc1. The fraction of sp³-hybridized carbons (Fsp3) is 0.280. The Balaban J connectivity index is 1.25. The standard InChI is InChI=1S/C25H23N5O5/c26-24(33)21-11-27-28-30(21)12-15-4-6-16(7-5-15)14-35-23-3-1-2-18-19(23)13-29(25(18)34)20-9-8-17(31)10-22(20)32/h1-7,11,20H,8-10,12-14H2,(H2,26,33). The van der Waals surface area contributed by atoms with E-state index in [0.717, 1.165) is 16.7 Å². The minimum Gasteiger partial charge on any atom is -0.489 e. The van der Waals surface area contributed by atoms with Crippen molar-refractivity contribution in [1.29, 1.82) is 0 Å². The van der Waals surface area contributed by atoms with Gasteiger partial charge in [-0.25, -0.2) is 4.68 Å². The largest absolute Gasteiger partial charge is 0.489 e. The van der Waals surface area contributed by atoms with E-state index in [4.69, 9.17) is 10.5 Å². The Labute approximate surface area is 200 Å². The first-order chi connectivity index (χ1) is 16.9. The summed E-state index contributed by atoms with van der Waals surface area (Å²) in [6.45, 7) is 0.931. The van der Waals surface area contributed by atoms with E-state index in [1.54, 1.807) is 17.0 Å². The van der Waals surface area contributed by atoms with Crippen LogP contribution in [0.5, 0.6) is 5.75 Å². The molecule has 0 radical (unpaired) electrons. The van der Waals surface area contributed by atoms with E-state index in [1.165, 1.54) is 10.9 Å². The molecule has 1 atom stereocenters. The lowest BCUT2D eigenvalue weighted by atomic mass is 9.92. The third-order valence-corrected chi connectivity index (χ3v) is 6.39. The summed E-state index contributed by atoms with van der Waals surface area (Å²) in [6.07, 6.45) is 1.91. The second kappa shape index (κ2) is 9.13. The maximum absolute atomic E-state index is 13.0. The van der Waals surface area contributed by atoms with Crippen molar-refractivity contribution in [2.24, 2.45) is 5.73 Å². The second-order valence-corrected chi connectivity index (χ2v) is 8.70. The lowest BCUT2D eigenvalue weighted by molar-refractivity contribution is -0.133. The Morgan fingerprint density at radius 3 is 2.60 bits per heavy atom. The van der Waals surface area contributed by atoms with Crippen LogP contribution in [0.4, 0.5) is 0 Å². The molecule has 2 heterocycles. The van der Waals surface area contributed by atoms with E-state index in [1.807, 2.05) is 30.3 Å². The van der Waals surface area contributed by atoms with Crippen LogP contribution in [0, 0.1) is 0 Å². The number of hydrogen-bond acceptors (Lipinski definition) is 7. The first-order valence-electron chi connectivity index (χ1n) is 11.3. The van der Waals surface area contributed by atoms with Crippen LogP contribution < -0.4 is 10.5 Å². The molecule has 5 rings (SSSR count). The fourth-order valence-corrected chi connectivity index (χ4v) is 4.54. The van der Waals surface area contributed by atoms with E-state index < -0.39 is 11.9 Å². The number of hydrogen-bond donors (Lipinski definition) is 1. The maximum atomic E-state index is 13.0. The summed E-state index contributed by atoms with van der Waals surface area (Å²) >= 11 is 0. The van der Waals surface area contributed by atoms with Gasteiger partial charge in [0.25, 0.3) is 11.8 Å². The summed E-state index contributed by atoms with van der Waals surface area (Å²) in [4.78, 5) is 49.9. The van der Waals surface area contributed by atoms with E-state index in [-0.39, 0.29) is 42.7 Å². The molecule has 1 aliphatic carbocycles. The maximum Gasteiger partial charge on any atom is 0.268 e. The average molecular weight is 473 g/mol. The number of fused-ring (bicyclic) bond motifs is 1. The summed E-state index contributed by atoms with van der Waals surface area (Å²) in [6, 6.07) is 12.4. The van der Waals surface area contributed by atoms with Gasteiger partial charge in [0.1, 0.15) is 23.8 Å². The molecule has 1 fully saturated rings. The molecule has 0 saturated heterocycles. The minimum absolute atomic E-state index is 0.0694. The van der Waals surface area contributed by atoms with E-state index >= 15 is 0 Å². The quantitative estimate of drug-likeness (QED) is 0.515. The number of nitrogens with zero attached hydrogens (tertiary/aromatic N) is 4. The summed E-state index contributed by atoms with van der Waals surface area (Å²) in [7, 11) is 0. The zero-order valence-electron chi connectivity index (χ0n) is 18.8. The van der Waals surface area contributed by atoms with Crippen molar-refractivity contribution in [3.8, 4) is 5.75 Å². The number of ketones is 2. The third-order valence-electron chi connectivity index (χ3n) is 6.39. The van der Waals surface area contributed by atoms with Crippen LogP contribution >= 0.6 is 0 Å². The molecule has 2 amide bonds. The lowest BCUT2D eigenvalue weighted by Crippen LogP contribution is -2.44. The predicted octanol–water partition coefficient (Wildman–Crippen LogP) is 1.65. The van der Waals surface area contributed by atoms with Crippen molar-refractivity contribution in [3.05, 3.63) is 76.6 Å². The summed E-state index contributed by atoms with van der Waals surface area (Å²) in [5.74, 6) is -0.464. The van der Waals surface area contributed by atoms with Gasteiger partial charge in [-0.05, 0) is 29.7 Å². The molecule has 2 N–H and O–H groups in total. The van der Waals surface area contributed by atoms with Crippen LogP contribution in [0.25, 0.3) is 0 Å². The lowest BCUT2D eigenvalue weighted by Gasteiger charge is -2.29. The molecule has 1 aromatic heterocycles. The van der Waals surface area contributed by atoms with Gasteiger partial charge in [0.05, 0.1) is 31.7 Å². The molecule has 1 saturated carbocycles. The van der Waals surface area contributed by atoms with Crippen molar-refractivity contribution < 1.29 is 23.9 Å². The minimum atomic E-state index is -0.589. The molecular weight excluding hydrogens is 450 g/mol. The third kappa shape index (κ3) is 4.42. The smallest absolute Gasteiger partial charge is 0.268 e. The van der Waals surface area contributed by atoms with Crippen molar-refractivity contribution in [3.63, 3.8) is 0 Å². The number of aromatic nitrogens is 3. The van der Waals surface area contributed by atoms with Crippen LogP contribution in [0.3, 0.4) is 0 Å². The molecule has 10 nitrogen and oxygen atoms in total. The van der Waals surface area contributed by atoms with Crippen molar-refractivity contribution in [1.82, 2.24) is 19.9 Å². The zero-order valence-corrected chi connectivity index (χ0v) is 18.8. The van der Waals surface area contributed by atoms with Gasteiger partial charge in [0.2, 0.25) is 0 Å². The first kappa shape index (κ1) is 22.5. The monoisotopic (exact) mass is 473 g/mol. The number of amides is 2. The molecule has 178 valence electrons. The van der Waals surface area contributed by atoms with Crippen molar-refractivity contribution >= 4 is 23.4 Å². The molecule has 1 unspecified atom stereocenters. The summed E-state index contributed by atoms with van der Waals surface area (Å²) in [5.41, 5.74) is 8.68.